The van der Waals surface area contributed by atoms with Crippen LogP contribution >= 0.6 is 12.2 Å². The number of aromatic nitrogens is 1. The molecule has 1 aliphatic rings. The number of ether oxygens (including phenoxy) is 2. The van der Waals surface area contributed by atoms with Gasteiger partial charge in [-0.25, -0.2) is 0 Å². The Labute approximate surface area is 187 Å². The summed E-state index contributed by atoms with van der Waals surface area (Å²) in [5.41, 5.74) is 2.61. The Balaban J connectivity index is 1.50. The van der Waals surface area contributed by atoms with E-state index in [-0.39, 0.29) is 5.91 Å². The maximum absolute atomic E-state index is 12.6. The van der Waals surface area contributed by atoms with E-state index in [4.69, 9.17) is 21.7 Å². The van der Waals surface area contributed by atoms with Crippen LogP contribution in [0.2, 0.25) is 0 Å². The number of methoxy groups -OCH3 is 1. The zero-order valence-corrected chi connectivity index (χ0v) is 18.4. The van der Waals surface area contributed by atoms with Crippen molar-refractivity contribution >= 4 is 40.2 Å². The third-order valence-electron chi connectivity index (χ3n) is 5.27. The highest BCUT2D eigenvalue weighted by Gasteiger charge is 2.29. The molecule has 0 spiro atoms. The highest BCUT2D eigenvalue weighted by Crippen LogP contribution is 2.27. The van der Waals surface area contributed by atoms with Crippen LogP contribution < -0.4 is 14.8 Å². The summed E-state index contributed by atoms with van der Waals surface area (Å²) in [6.07, 6.45) is 4.79. The van der Waals surface area contributed by atoms with Gasteiger partial charge >= 0.3 is 0 Å². The molecule has 160 valence electrons. The molecule has 3 aromatic rings. The van der Waals surface area contributed by atoms with Crippen molar-refractivity contribution in [2.75, 3.05) is 20.3 Å². The molecule has 0 unspecified atom stereocenters. The second-order valence-corrected chi connectivity index (χ2v) is 7.57. The number of likely N-dealkylation sites (N-methyl/N-ethyl adjacent to an activating group) is 1. The van der Waals surface area contributed by atoms with Crippen LogP contribution in [0.1, 0.15) is 18.9 Å². The van der Waals surface area contributed by atoms with Crippen molar-refractivity contribution in [3.63, 3.8) is 0 Å². The summed E-state index contributed by atoms with van der Waals surface area (Å²) in [4.78, 5) is 14.1. The molecule has 0 bridgehead atoms. The number of carbonyl (C=O) groups is 1. The minimum absolute atomic E-state index is 0.0884. The van der Waals surface area contributed by atoms with Gasteiger partial charge in [0, 0.05) is 35.8 Å². The van der Waals surface area contributed by atoms with Gasteiger partial charge in [0.1, 0.15) is 5.70 Å². The monoisotopic (exact) mass is 435 g/mol. The number of hydrogen-bond donors (Lipinski definition) is 1. The van der Waals surface area contributed by atoms with Crippen LogP contribution in [0.4, 0.5) is 0 Å². The van der Waals surface area contributed by atoms with Crippen molar-refractivity contribution in [2.45, 2.75) is 19.9 Å². The van der Waals surface area contributed by atoms with E-state index in [0.29, 0.717) is 24.0 Å². The summed E-state index contributed by atoms with van der Waals surface area (Å²) < 4.78 is 13.4. The van der Waals surface area contributed by atoms with Gasteiger partial charge < -0.3 is 19.4 Å². The summed E-state index contributed by atoms with van der Waals surface area (Å²) in [6.45, 7) is 3.83. The van der Waals surface area contributed by atoms with Gasteiger partial charge in [-0.2, -0.15) is 0 Å². The molecule has 7 heteroatoms. The molecule has 2 aromatic carbocycles. The van der Waals surface area contributed by atoms with Gasteiger partial charge in [0.2, 0.25) is 0 Å². The first-order valence-corrected chi connectivity index (χ1v) is 10.7. The lowest BCUT2D eigenvalue weighted by Crippen LogP contribution is -2.30. The van der Waals surface area contributed by atoms with Crippen LogP contribution in [0.5, 0.6) is 11.5 Å². The zero-order chi connectivity index (χ0) is 21.8. The van der Waals surface area contributed by atoms with E-state index in [1.807, 2.05) is 49.4 Å². The number of hydrogen-bond acceptors (Lipinski definition) is 4. The highest BCUT2D eigenvalue weighted by atomic mass is 32.1. The number of carbonyl (C=O) groups excluding carboxylic acids is 1. The average molecular weight is 436 g/mol. The molecule has 0 saturated carbocycles. The number of benzene rings is 2. The molecule has 6 nitrogen and oxygen atoms in total. The predicted molar refractivity (Wildman–Crippen MR) is 126 cm³/mol. The molecule has 0 aliphatic carbocycles. The van der Waals surface area contributed by atoms with Crippen LogP contribution in [0.15, 0.2) is 60.4 Å². The zero-order valence-electron chi connectivity index (χ0n) is 17.6. The van der Waals surface area contributed by atoms with Gasteiger partial charge in [-0.3, -0.25) is 9.69 Å². The average Bonchev–Trinajstić information content (AvgIpc) is 3.27. The van der Waals surface area contributed by atoms with Crippen molar-refractivity contribution in [3.8, 4) is 11.5 Å². The molecule has 31 heavy (non-hydrogen) atoms. The smallest absolute Gasteiger partial charge is 0.276 e. The quantitative estimate of drug-likeness (QED) is 0.327. The molecule has 1 amide bonds. The maximum Gasteiger partial charge on any atom is 0.276 e. The van der Waals surface area contributed by atoms with Crippen LogP contribution in [-0.4, -0.2) is 40.7 Å². The van der Waals surface area contributed by atoms with E-state index in [9.17, 15) is 4.79 Å². The minimum atomic E-state index is -0.0884. The Kier molecular flexibility index (Phi) is 6.23. The summed E-state index contributed by atoms with van der Waals surface area (Å²) >= 11 is 5.27. The standard InChI is InChI=1S/C24H25N3O3S/c1-3-27-23(28)19(25-24(27)31)15-17-16-26(20-10-5-4-9-18(17)20)13-8-14-30-22-12-7-6-11-21(22)29-2/h4-7,9-12,15-16H,3,8,13-14H2,1-2H3,(H,25,31)/b19-15-. The van der Waals surface area contributed by atoms with Crippen molar-refractivity contribution in [2.24, 2.45) is 0 Å². The Morgan fingerprint density at radius 1 is 1.10 bits per heavy atom. The van der Waals surface area contributed by atoms with Gasteiger partial charge in [0.25, 0.3) is 5.91 Å². The fourth-order valence-electron chi connectivity index (χ4n) is 3.74. The third-order valence-corrected chi connectivity index (χ3v) is 5.59. The molecule has 4 rings (SSSR count). The summed E-state index contributed by atoms with van der Waals surface area (Å²) in [5, 5.41) is 4.58. The van der Waals surface area contributed by atoms with Gasteiger partial charge in [-0.05, 0) is 49.8 Å². The van der Waals surface area contributed by atoms with E-state index < -0.39 is 0 Å². The highest BCUT2D eigenvalue weighted by molar-refractivity contribution is 7.80. The fraction of sp³-hybridized carbons (Fsp3) is 0.250. The van der Waals surface area contributed by atoms with Gasteiger partial charge in [-0.15, -0.1) is 0 Å². The molecule has 1 N–H and O–H groups in total. The van der Waals surface area contributed by atoms with Gasteiger partial charge in [0.15, 0.2) is 16.6 Å². The second kappa shape index (κ2) is 9.22. The SMILES string of the molecule is CCN1C(=O)/C(=C/c2cn(CCCOc3ccccc3OC)c3ccccc23)NC1=S. The van der Waals surface area contributed by atoms with Crippen LogP contribution in [-0.2, 0) is 11.3 Å². The molecule has 1 saturated heterocycles. The molecular formula is C24H25N3O3S. The minimum Gasteiger partial charge on any atom is -0.493 e. The molecule has 1 aliphatic heterocycles. The van der Waals surface area contributed by atoms with Crippen LogP contribution in [0.25, 0.3) is 17.0 Å². The largest absolute Gasteiger partial charge is 0.493 e. The summed E-state index contributed by atoms with van der Waals surface area (Å²) in [5.74, 6) is 1.39. The van der Waals surface area contributed by atoms with Gasteiger partial charge in [0.05, 0.1) is 13.7 Å². The van der Waals surface area contributed by atoms with Crippen molar-refractivity contribution in [3.05, 3.63) is 66.0 Å². The van der Waals surface area contributed by atoms with Crippen molar-refractivity contribution in [1.29, 1.82) is 0 Å². The maximum atomic E-state index is 12.6. The number of thiocarbonyl (C=S) groups is 1. The first-order chi connectivity index (χ1) is 15.1. The first kappa shape index (κ1) is 20.9. The first-order valence-electron chi connectivity index (χ1n) is 10.3. The number of aryl methyl sites for hydroxylation is 1. The Morgan fingerprint density at radius 2 is 1.84 bits per heavy atom. The number of amides is 1. The van der Waals surface area contributed by atoms with Crippen molar-refractivity contribution in [1.82, 2.24) is 14.8 Å². The summed E-state index contributed by atoms with van der Waals surface area (Å²) in [6, 6.07) is 15.8. The van der Waals surface area contributed by atoms with E-state index >= 15 is 0 Å². The number of nitrogens with one attached hydrogen (secondary N) is 1. The summed E-state index contributed by atoms with van der Waals surface area (Å²) in [7, 11) is 1.64. The lowest BCUT2D eigenvalue weighted by molar-refractivity contribution is -0.122. The lowest BCUT2D eigenvalue weighted by Gasteiger charge is -2.11. The topological polar surface area (TPSA) is 55.7 Å². The van der Waals surface area contributed by atoms with Crippen LogP contribution in [0.3, 0.4) is 0 Å². The van der Waals surface area contributed by atoms with E-state index in [0.717, 1.165) is 40.9 Å². The predicted octanol–water partition coefficient (Wildman–Crippen LogP) is 4.20. The lowest BCUT2D eigenvalue weighted by atomic mass is 10.1. The molecule has 0 atom stereocenters. The Hall–Kier alpha value is -3.32. The third kappa shape index (κ3) is 4.27. The Morgan fingerprint density at radius 3 is 2.58 bits per heavy atom. The molecule has 1 fully saturated rings. The van der Waals surface area contributed by atoms with E-state index in [1.54, 1.807) is 12.0 Å². The van der Waals surface area contributed by atoms with Gasteiger partial charge in [-0.1, -0.05) is 30.3 Å². The number of nitrogens with zero attached hydrogens (tertiary/aromatic N) is 2. The molecular weight excluding hydrogens is 410 g/mol. The van der Waals surface area contributed by atoms with E-state index in [1.165, 1.54) is 0 Å². The normalized spacial score (nSPS) is 15.0. The molecule has 0 radical (unpaired) electrons. The van der Waals surface area contributed by atoms with E-state index in [2.05, 4.69) is 28.2 Å². The number of fused-ring (bicyclic) bond motifs is 1. The fourth-order valence-corrected chi connectivity index (χ4v) is 4.07. The second-order valence-electron chi connectivity index (χ2n) is 7.19. The molecule has 2 heterocycles. The number of para-hydroxylation sites is 3. The Bertz CT molecular complexity index is 1150. The van der Waals surface area contributed by atoms with Crippen molar-refractivity contribution < 1.29 is 14.3 Å². The molecule has 1 aromatic heterocycles. The number of rotatable bonds is 8. The van der Waals surface area contributed by atoms with Crippen LogP contribution in [0, 0.1) is 0 Å².